The number of hydrogen-bond donors (Lipinski definition) is 15. The van der Waals surface area contributed by atoms with Gasteiger partial charge in [0.2, 0.25) is 0 Å². The predicted octanol–water partition coefficient (Wildman–Crippen LogP) is -1.47. The Kier molecular flexibility index (Phi) is 25.8. The number of allylic oxidation sites excluding steroid dienone is 2. The van der Waals surface area contributed by atoms with Crippen molar-refractivity contribution in [3.63, 3.8) is 0 Å². The highest BCUT2D eigenvalue weighted by Crippen LogP contribution is 2.77. The third kappa shape index (κ3) is 15.7. The van der Waals surface area contributed by atoms with Gasteiger partial charge in [-0.15, -0.1) is 0 Å². The number of carbonyl (C=O) groups excluding carboxylic acids is 2. The highest BCUT2D eigenvalue weighted by Gasteiger charge is 2.76. The van der Waals surface area contributed by atoms with Crippen molar-refractivity contribution in [2.45, 2.75) is 276 Å². The molecule has 15 N–H and O–H groups in total. The average Bonchev–Trinajstić information content (AvgIpc) is 1.65. The minimum Gasteiger partial charge on any atom is -0.479 e. The number of nitrogens with zero attached hydrogens (tertiary/aromatic N) is 2. The van der Waals surface area contributed by atoms with E-state index in [1.807, 2.05) is 16.7 Å². The molecule has 10 unspecified atom stereocenters. The van der Waals surface area contributed by atoms with Crippen LogP contribution in [0.4, 0.5) is 0 Å². The lowest BCUT2D eigenvalue weighted by Crippen LogP contribution is -2.69. The monoisotopic (exact) mass is 1390 g/mol. The smallest absolute Gasteiger partial charge is 0.335 e. The highest BCUT2D eigenvalue weighted by atomic mass is 16.8. The molecule has 560 valence electrons. The second-order valence-electron chi connectivity index (χ2n) is 31.7. The summed E-state index contributed by atoms with van der Waals surface area (Å²) >= 11 is 0. The van der Waals surface area contributed by atoms with Crippen LogP contribution in [0, 0.1) is 56.2 Å². The predicted molar refractivity (Wildman–Crippen MR) is 341 cm³/mol. The number of aliphatic hydroxyl groups excluding tert-OH is 14. The van der Waals surface area contributed by atoms with Gasteiger partial charge in [0, 0.05) is 51.6 Å². The van der Waals surface area contributed by atoms with Gasteiger partial charge in [0.15, 0.2) is 25.0 Å². The maximum absolute atomic E-state index is 13.6. The Morgan fingerprint density at radius 2 is 1.24 bits per heavy atom. The molecule has 9 aliphatic rings. The van der Waals surface area contributed by atoms with E-state index >= 15 is 0 Å². The summed E-state index contributed by atoms with van der Waals surface area (Å²) in [6.45, 7) is 26.1. The topological polar surface area (TPSA) is 444 Å². The molecule has 8 fully saturated rings. The molecule has 32 atom stereocenters. The fraction of sp³-hybridized carbons (Fsp3) is 0.926. The van der Waals surface area contributed by atoms with Gasteiger partial charge in [-0.2, -0.15) is 0 Å². The first-order valence-electron chi connectivity index (χ1n) is 34.8. The summed E-state index contributed by atoms with van der Waals surface area (Å²) in [5.74, 6) is -3.82. The van der Waals surface area contributed by atoms with Crippen LogP contribution in [0.25, 0.3) is 0 Å². The molecular weight excluding hydrogens is 1280 g/mol. The van der Waals surface area contributed by atoms with Crippen molar-refractivity contribution >= 4 is 17.9 Å². The molecule has 0 amide bonds. The number of ether oxygens (including phenoxy) is 9. The summed E-state index contributed by atoms with van der Waals surface area (Å²) in [6, 6.07) is 0. The minimum absolute atomic E-state index is 0.0482. The van der Waals surface area contributed by atoms with E-state index in [0.29, 0.717) is 84.2 Å². The Morgan fingerprint density at radius 3 is 1.78 bits per heavy atom. The third-order valence-corrected chi connectivity index (χ3v) is 24.1. The number of hydrogen-bond acceptors (Lipinski definition) is 28. The van der Waals surface area contributed by atoms with Gasteiger partial charge in [0.05, 0.1) is 80.0 Å². The van der Waals surface area contributed by atoms with Gasteiger partial charge >= 0.3 is 17.9 Å². The molecule has 5 aliphatic carbocycles. The largest absolute Gasteiger partial charge is 0.479 e. The molecule has 0 radical (unpaired) electrons. The van der Waals surface area contributed by atoms with Crippen LogP contribution in [0.2, 0.25) is 0 Å². The van der Waals surface area contributed by atoms with Gasteiger partial charge < -0.3 is 119 Å². The zero-order valence-corrected chi connectivity index (χ0v) is 58.7. The SMILES string of the molecule is CC(=O)OC(C)C(C)C(=O)OC[C@]12C3CC(C)(C)[C@@H](O[C@H]1C[C@]1(C)C3=CCC3[C@@]4(C)CC[C@H](O[C@@H]5O[C@H](C(=O)O)C(O[C@H]6O[C@H](CO)[C@@H](O)[C@H](O)[C@H]6O)[C@H](O)[C@H]5O[C@H]5OC[C@H](O)[C@@H](O)[C@@H]5O)[C@](C)(CO)C4CC[C@]31C)[C@H]2O.CC(O)CN(CCN(CC(C)O)CC(C)O)CC(C)O. The molecular formula is C68H116N2O27. The van der Waals surface area contributed by atoms with Gasteiger partial charge in [-0.3, -0.25) is 19.4 Å². The number of esters is 2. The second-order valence-corrected chi connectivity index (χ2v) is 31.7. The number of carbonyl (C=O) groups is 3. The van der Waals surface area contributed by atoms with Crippen molar-refractivity contribution in [3.8, 4) is 0 Å². The van der Waals surface area contributed by atoms with Crippen LogP contribution in [0.15, 0.2) is 11.6 Å². The van der Waals surface area contributed by atoms with Crippen molar-refractivity contribution in [1.29, 1.82) is 0 Å². The zero-order chi connectivity index (χ0) is 72.1. The fourth-order valence-corrected chi connectivity index (χ4v) is 18.8. The fourth-order valence-electron chi connectivity index (χ4n) is 18.8. The summed E-state index contributed by atoms with van der Waals surface area (Å²) in [5.41, 5.74) is -2.40. The van der Waals surface area contributed by atoms with E-state index in [0.717, 1.165) is 0 Å². The summed E-state index contributed by atoms with van der Waals surface area (Å²) in [7, 11) is 0. The maximum Gasteiger partial charge on any atom is 0.335 e. The van der Waals surface area contributed by atoms with Gasteiger partial charge in [-0.25, -0.2) is 4.79 Å². The number of carboxylic acid groups (broad SMARTS) is 1. The quantitative estimate of drug-likeness (QED) is 0.0282. The number of rotatable bonds is 25. The Bertz CT molecular complexity index is 2630. The van der Waals surface area contributed by atoms with Crippen molar-refractivity contribution in [2.24, 2.45) is 56.2 Å². The Hall–Kier alpha value is -2.77. The standard InChI is InChI=1S/C54H84O23.C14H32N2O4/c1-22(23(2)71-24(3)57)45(68)70-21-54-26-16-49(4,5)43(42(54)65)73-32(54)17-53(9)25(26)10-11-30-50(6)14-13-31(51(7,20-56)29(50)12-15-52(30,53)8)74-48-40(76-46-36(62)33(59)27(58)19-69-46)38(64)39(41(77-48)44(66)67)75-47-37(63)35(61)34(60)28(18-55)72-47;1-11(17)7-15(8-12(2)18)5-6-16(9-13(3)19)10-14(4)20/h10,22-23,26-43,46-48,55-56,58-65H,11-21H2,1-9H3,(H,66,67);11-14,17-20H,5-10H2,1-4H3/t22?,23?,26?,27-,28+,29?,30?,31-,32-,33+,34+,35-,36-,37+,38-,39?,40+,41-,42+,43-,46+,47+,48+,50-,51+,52+,53+,54-;/m0./s1. The Labute approximate surface area is 568 Å². The van der Waals surface area contributed by atoms with E-state index in [4.69, 9.17) is 42.6 Å². The molecule has 0 aromatic rings. The van der Waals surface area contributed by atoms with Crippen LogP contribution in [-0.4, -0.2) is 311 Å². The van der Waals surface area contributed by atoms with E-state index in [1.54, 1.807) is 41.5 Å². The van der Waals surface area contributed by atoms with E-state index in [2.05, 4.69) is 40.7 Å². The van der Waals surface area contributed by atoms with E-state index in [-0.39, 0.29) is 36.4 Å². The maximum atomic E-state index is 13.6. The summed E-state index contributed by atoms with van der Waals surface area (Å²) in [4.78, 5) is 42.4. The molecule has 0 aromatic carbocycles. The van der Waals surface area contributed by atoms with Crippen LogP contribution in [0.3, 0.4) is 0 Å². The number of fused-ring (bicyclic) bond motifs is 7. The van der Waals surface area contributed by atoms with Crippen LogP contribution in [-0.2, 0) is 57.0 Å². The molecule has 4 saturated carbocycles. The van der Waals surface area contributed by atoms with E-state index in [9.17, 15) is 91.0 Å². The summed E-state index contributed by atoms with van der Waals surface area (Å²) in [5, 5.41) is 158. The lowest BCUT2D eigenvalue weighted by Gasteiger charge is -2.71. The summed E-state index contributed by atoms with van der Waals surface area (Å²) in [6.07, 6.45) is -24.6. The molecule has 4 heterocycles. The molecule has 97 heavy (non-hydrogen) atoms. The lowest BCUT2D eigenvalue weighted by molar-refractivity contribution is -0.387. The molecule has 29 nitrogen and oxygen atoms in total. The van der Waals surface area contributed by atoms with Crippen LogP contribution in [0.1, 0.15) is 135 Å². The van der Waals surface area contributed by atoms with Crippen molar-refractivity contribution in [1.82, 2.24) is 9.80 Å². The first-order valence-corrected chi connectivity index (χ1v) is 34.8. The van der Waals surface area contributed by atoms with Crippen LogP contribution in [0.5, 0.6) is 0 Å². The molecule has 0 spiro atoms. The van der Waals surface area contributed by atoms with Gasteiger partial charge in [-0.05, 0) is 126 Å². The first kappa shape index (κ1) is 79.9. The second kappa shape index (κ2) is 31.3. The number of aliphatic carboxylic acids is 1. The molecule has 4 saturated heterocycles. The zero-order valence-electron chi connectivity index (χ0n) is 58.7. The highest BCUT2D eigenvalue weighted by molar-refractivity contribution is 5.74. The van der Waals surface area contributed by atoms with Crippen LogP contribution < -0.4 is 0 Å². The van der Waals surface area contributed by atoms with E-state index < -0.39 is 205 Å². The summed E-state index contributed by atoms with van der Waals surface area (Å²) < 4.78 is 54.3. The minimum atomic E-state index is -2.09. The Morgan fingerprint density at radius 1 is 0.660 bits per heavy atom. The molecule has 0 aromatic heterocycles. The Balaban J connectivity index is 0.000000520. The lowest BCUT2D eigenvalue weighted by atomic mass is 9.33. The number of aliphatic hydroxyl groups is 14. The first-order chi connectivity index (χ1) is 45.2. The van der Waals surface area contributed by atoms with Crippen molar-refractivity contribution in [2.75, 3.05) is 65.7 Å². The van der Waals surface area contributed by atoms with Crippen molar-refractivity contribution < 1.29 is 134 Å². The third-order valence-electron chi connectivity index (χ3n) is 24.1. The van der Waals surface area contributed by atoms with Crippen molar-refractivity contribution in [3.05, 3.63) is 11.6 Å². The average molecular weight is 1390 g/mol. The van der Waals surface area contributed by atoms with E-state index in [1.165, 1.54) is 12.5 Å². The molecule has 9 rings (SSSR count). The molecule has 2 bridgehead atoms. The van der Waals surface area contributed by atoms with Gasteiger partial charge in [0.1, 0.15) is 73.8 Å². The number of carboxylic acids is 1. The molecule has 4 aliphatic heterocycles. The normalized spacial score (nSPS) is 44.8. The van der Waals surface area contributed by atoms with Crippen LogP contribution >= 0.6 is 0 Å². The molecule has 29 heteroatoms. The van der Waals surface area contributed by atoms with Gasteiger partial charge in [0.25, 0.3) is 0 Å². The van der Waals surface area contributed by atoms with Gasteiger partial charge in [-0.1, -0.05) is 53.2 Å².